The minimum Gasteiger partial charge on any atom is -0.480 e. The second-order valence-electron chi connectivity index (χ2n) is 6.97. The molecule has 1 saturated heterocycles. The van der Waals surface area contributed by atoms with Crippen LogP contribution in [-0.2, 0) is 19.2 Å². The highest BCUT2D eigenvalue weighted by Crippen LogP contribution is 2.05. The maximum absolute atomic E-state index is 12.4. The van der Waals surface area contributed by atoms with Crippen LogP contribution in [0.15, 0.2) is 4.99 Å². The van der Waals surface area contributed by atoms with Crippen molar-refractivity contribution in [2.75, 3.05) is 18.8 Å². The van der Waals surface area contributed by atoms with E-state index in [1.54, 1.807) is 0 Å². The lowest BCUT2D eigenvalue weighted by Crippen LogP contribution is -2.56. The molecule has 3 amide bonds. The van der Waals surface area contributed by atoms with Gasteiger partial charge in [0.1, 0.15) is 18.1 Å². The molecule has 13 heteroatoms. The molecular formula is C17H31N7O5S. The van der Waals surface area contributed by atoms with Crippen molar-refractivity contribution in [3.63, 3.8) is 0 Å². The zero-order valence-corrected chi connectivity index (χ0v) is 17.8. The number of thiol groups is 1. The van der Waals surface area contributed by atoms with Gasteiger partial charge in [-0.2, -0.15) is 12.6 Å². The van der Waals surface area contributed by atoms with Crippen molar-refractivity contribution in [1.82, 2.24) is 21.3 Å². The third-order valence-corrected chi connectivity index (χ3v) is 4.87. The Labute approximate surface area is 180 Å². The molecule has 0 aromatic heterocycles. The summed E-state index contributed by atoms with van der Waals surface area (Å²) < 4.78 is 0. The van der Waals surface area contributed by atoms with Crippen LogP contribution in [0.1, 0.15) is 32.6 Å². The Balaban J connectivity index is 2.55. The van der Waals surface area contributed by atoms with Crippen LogP contribution < -0.4 is 32.7 Å². The first-order valence-electron chi connectivity index (χ1n) is 9.69. The molecule has 4 atom stereocenters. The monoisotopic (exact) mass is 445 g/mol. The number of carboxylic acids is 1. The fourth-order valence-corrected chi connectivity index (χ4v) is 3.07. The quantitative estimate of drug-likeness (QED) is 0.0685. The molecule has 9 N–H and O–H groups in total. The Morgan fingerprint density at radius 2 is 1.83 bits per heavy atom. The van der Waals surface area contributed by atoms with Crippen LogP contribution in [0.5, 0.6) is 0 Å². The molecule has 30 heavy (non-hydrogen) atoms. The van der Waals surface area contributed by atoms with Crippen molar-refractivity contribution < 1.29 is 24.3 Å². The molecule has 1 aliphatic heterocycles. The number of hydrogen-bond donors (Lipinski definition) is 8. The van der Waals surface area contributed by atoms with Crippen molar-refractivity contribution in [2.24, 2.45) is 16.5 Å². The molecule has 12 nitrogen and oxygen atoms in total. The molecule has 1 rings (SSSR count). The topological polar surface area (TPSA) is 201 Å². The fourth-order valence-electron chi connectivity index (χ4n) is 2.81. The predicted molar refractivity (Wildman–Crippen MR) is 114 cm³/mol. The molecule has 0 aliphatic carbocycles. The average Bonchev–Trinajstić information content (AvgIpc) is 3.22. The van der Waals surface area contributed by atoms with E-state index in [1.807, 2.05) is 0 Å². The number of aliphatic imine (C=N–C) groups is 1. The summed E-state index contributed by atoms with van der Waals surface area (Å²) in [6, 6.07) is -3.44. The summed E-state index contributed by atoms with van der Waals surface area (Å²) in [6.07, 6.45) is 2.02. The Bertz CT molecular complexity index is 650. The predicted octanol–water partition coefficient (Wildman–Crippen LogP) is -2.72. The zero-order valence-electron chi connectivity index (χ0n) is 16.9. The van der Waals surface area contributed by atoms with E-state index < -0.39 is 35.9 Å². The second kappa shape index (κ2) is 12.9. The lowest BCUT2D eigenvalue weighted by molar-refractivity contribution is -0.142. The summed E-state index contributed by atoms with van der Waals surface area (Å²) in [5.74, 6) is -2.92. The van der Waals surface area contributed by atoms with E-state index in [9.17, 15) is 24.3 Å². The second-order valence-corrected chi connectivity index (χ2v) is 7.34. The van der Waals surface area contributed by atoms with Gasteiger partial charge in [0, 0.05) is 12.3 Å². The highest BCUT2D eigenvalue weighted by atomic mass is 32.1. The minimum atomic E-state index is -1.22. The van der Waals surface area contributed by atoms with Gasteiger partial charge in [-0.1, -0.05) is 0 Å². The van der Waals surface area contributed by atoms with Gasteiger partial charge >= 0.3 is 5.97 Å². The maximum Gasteiger partial charge on any atom is 0.326 e. The SMILES string of the molecule is CC(NC(=O)C1CCCN1)C(=O)NC(CS)C(=O)NC(CCCN=C(N)N)C(=O)O. The van der Waals surface area contributed by atoms with Gasteiger partial charge < -0.3 is 37.8 Å². The number of hydrogen-bond acceptors (Lipinski definition) is 7. The van der Waals surface area contributed by atoms with E-state index in [0.29, 0.717) is 12.8 Å². The smallest absolute Gasteiger partial charge is 0.326 e. The largest absolute Gasteiger partial charge is 0.480 e. The molecule has 1 fully saturated rings. The average molecular weight is 446 g/mol. The minimum absolute atomic E-state index is 0.0528. The summed E-state index contributed by atoms with van der Waals surface area (Å²) in [4.78, 5) is 52.0. The van der Waals surface area contributed by atoms with Crippen LogP contribution in [0.2, 0.25) is 0 Å². The molecule has 1 heterocycles. The lowest BCUT2D eigenvalue weighted by atomic mass is 10.1. The number of carbonyl (C=O) groups is 4. The van der Waals surface area contributed by atoms with Gasteiger partial charge in [0.2, 0.25) is 17.7 Å². The van der Waals surface area contributed by atoms with Gasteiger partial charge in [-0.25, -0.2) is 4.79 Å². The lowest BCUT2D eigenvalue weighted by Gasteiger charge is -2.22. The maximum atomic E-state index is 12.4. The molecule has 0 bridgehead atoms. The van der Waals surface area contributed by atoms with Crippen LogP contribution in [0.4, 0.5) is 0 Å². The van der Waals surface area contributed by atoms with E-state index in [0.717, 1.165) is 13.0 Å². The Kier molecular flexibility index (Phi) is 11.0. The molecule has 1 aliphatic rings. The Morgan fingerprint density at radius 1 is 1.17 bits per heavy atom. The fraction of sp³-hybridized carbons (Fsp3) is 0.706. The summed E-state index contributed by atoms with van der Waals surface area (Å²) in [7, 11) is 0. The van der Waals surface area contributed by atoms with Crippen molar-refractivity contribution in [2.45, 2.75) is 56.8 Å². The van der Waals surface area contributed by atoms with E-state index in [-0.39, 0.29) is 36.6 Å². The third-order valence-electron chi connectivity index (χ3n) is 4.50. The summed E-state index contributed by atoms with van der Waals surface area (Å²) in [6.45, 7) is 2.47. The molecule has 170 valence electrons. The van der Waals surface area contributed by atoms with Gasteiger partial charge in [0.15, 0.2) is 5.96 Å². The van der Waals surface area contributed by atoms with Gasteiger partial charge in [-0.3, -0.25) is 19.4 Å². The first-order chi connectivity index (χ1) is 14.1. The Morgan fingerprint density at radius 3 is 2.37 bits per heavy atom. The van der Waals surface area contributed by atoms with Gasteiger partial charge in [0.25, 0.3) is 0 Å². The van der Waals surface area contributed by atoms with Crippen molar-refractivity contribution in [1.29, 1.82) is 0 Å². The van der Waals surface area contributed by atoms with E-state index in [2.05, 4.69) is 38.9 Å². The van der Waals surface area contributed by atoms with E-state index >= 15 is 0 Å². The van der Waals surface area contributed by atoms with Crippen LogP contribution in [0.3, 0.4) is 0 Å². The molecule has 0 saturated carbocycles. The van der Waals surface area contributed by atoms with Crippen LogP contribution >= 0.6 is 12.6 Å². The number of aliphatic carboxylic acids is 1. The van der Waals surface area contributed by atoms with Crippen molar-refractivity contribution >= 4 is 42.3 Å². The number of nitrogens with zero attached hydrogens (tertiary/aromatic N) is 1. The number of rotatable bonds is 12. The Hall–Kier alpha value is -2.54. The van der Waals surface area contributed by atoms with Crippen molar-refractivity contribution in [3.05, 3.63) is 0 Å². The molecule has 0 aromatic carbocycles. The van der Waals surface area contributed by atoms with E-state index in [4.69, 9.17) is 11.5 Å². The third kappa shape index (κ3) is 8.86. The number of amides is 3. The van der Waals surface area contributed by atoms with Crippen LogP contribution in [-0.4, -0.2) is 77.8 Å². The molecule has 0 aromatic rings. The first-order valence-corrected chi connectivity index (χ1v) is 10.3. The van der Waals surface area contributed by atoms with E-state index in [1.165, 1.54) is 6.92 Å². The molecule has 0 radical (unpaired) electrons. The summed E-state index contributed by atoms with van der Waals surface area (Å²) in [5.41, 5.74) is 10.4. The number of nitrogens with one attached hydrogen (secondary N) is 4. The zero-order chi connectivity index (χ0) is 22.7. The summed E-state index contributed by atoms with van der Waals surface area (Å²) in [5, 5.41) is 19.8. The highest BCUT2D eigenvalue weighted by molar-refractivity contribution is 7.80. The van der Waals surface area contributed by atoms with Crippen molar-refractivity contribution in [3.8, 4) is 0 Å². The standard InChI is InChI=1S/C17H31N7O5S/c1-9(22-14(26)10-4-2-6-20-10)13(25)24-12(8-30)15(27)23-11(16(28)29)5-3-7-21-17(18)19/h9-12,20,30H,2-8H2,1H3,(H,22,26)(H,23,27)(H,24,25)(H,28,29)(H4,18,19,21). The van der Waals surface area contributed by atoms with Crippen LogP contribution in [0.25, 0.3) is 0 Å². The van der Waals surface area contributed by atoms with Gasteiger partial charge in [-0.15, -0.1) is 0 Å². The van der Waals surface area contributed by atoms with Crippen LogP contribution in [0, 0.1) is 0 Å². The molecule has 4 unspecified atom stereocenters. The first kappa shape index (κ1) is 25.5. The van der Waals surface area contributed by atoms with Gasteiger partial charge in [-0.05, 0) is 39.2 Å². The molecule has 0 spiro atoms. The highest BCUT2D eigenvalue weighted by Gasteiger charge is 2.29. The summed E-state index contributed by atoms with van der Waals surface area (Å²) >= 11 is 4.06. The number of carboxylic acid groups (broad SMARTS) is 1. The number of carbonyl (C=O) groups excluding carboxylic acids is 3. The van der Waals surface area contributed by atoms with Gasteiger partial charge in [0.05, 0.1) is 6.04 Å². The normalized spacial score (nSPS) is 18.5. The molecular weight excluding hydrogens is 414 g/mol. The number of guanidine groups is 1. The number of nitrogens with two attached hydrogens (primary N) is 2.